The third-order valence-electron chi connectivity index (χ3n) is 5.85. The lowest BCUT2D eigenvalue weighted by Gasteiger charge is -2.10. The van der Waals surface area contributed by atoms with Crippen molar-refractivity contribution in [1.82, 2.24) is 4.57 Å². The first-order chi connectivity index (χ1) is 16.6. The number of hydrogen-bond donors (Lipinski definition) is 1. The molecule has 3 aromatic carbocycles. The van der Waals surface area contributed by atoms with E-state index in [2.05, 4.69) is 4.57 Å². The molecule has 1 N–H and O–H groups in total. The van der Waals surface area contributed by atoms with E-state index in [0.29, 0.717) is 23.7 Å². The van der Waals surface area contributed by atoms with Crippen LogP contribution in [-0.2, 0) is 6.54 Å². The van der Waals surface area contributed by atoms with Crippen molar-refractivity contribution >= 4 is 28.2 Å². The third kappa shape index (κ3) is 4.18. The fourth-order valence-corrected chi connectivity index (χ4v) is 4.20. The lowest BCUT2D eigenvalue weighted by molar-refractivity contribution is 0.112. The lowest BCUT2D eigenvalue weighted by atomic mass is 10.1. The fourth-order valence-electron chi connectivity index (χ4n) is 4.20. The first kappa shape index (κ1) is 21.5. The van der Waals surface area contributed by atoms with Gasteiger partial charge in [-0.2, -0.15) is 0 Å². The van der Waals surface area contributed by atoms with Crippen molar-refractivity contribution in [1.29, 1.82) is 0 Å². The molecular weight excluding hydrogens is 430 g/mol. The van der Waals surface area contributed by atoms with Crippen molar-refractivity contribution in [3.8, 4) is 22.8 Å². The molecule has 0 spiro atoms. The fraction of sp³-hybridized carbons (Fsp3) is 0.143. The molecule has 0 saturated carbocycles. The number of ether oxygens (including phenoxy) is 1. The molecule has 170 valence electrons. The summed E-state index contributed by atoms with van der Waals surface area (Å²) in [6.45, 7) is 1.20. The molecule has 0 radical (unpaired) electrons. The highest BCUT2D eigenvalue weighted by molar-refractivity contribution is 5.97. The summed E-state index contributed by atoms with van der Waals surface area (Å²) in [4.78, 5) is 23.9. The Hall–Kier alpha value is -4.32. The first-order valence-electron chi connectivity index (χ1n) is 11.2. The number of rotatable bonds is 8. The number of phenols is 1. The van der Waals surface area contributed by atoms with Gasteiger partial charge in [0, 0.05) is 53.0 Å². The van der Waals surface area contributed by atoms with E-state index in [1.165, 1.54) is 12.1 Å². The van der Waals surface area contributed by atoms with Crippen LogP contribution >= 0.6 is 0 Å². The number of aromatic hydroxyl groups is 1. The minimum atomic E-state index is -0.308. The van der Waals surface area contributed by atoms with Crippen LogP contribution in [0.2, 0.25) is 0 Å². The molecule has 0 fully saturated rings. The Balaban J connectivity index is 1.27. The summed E-state index contributed by atoms with van der Waals surface area (Å²) in [5.74, 6) is 0.706. The van der Waals surface area contributed by atoms with Crippen LogP contribution in [0, 0.1) is 0 Å². The van der Waals surface area contributed by atoms with E-state index < -0.39 is 0 Å². The van der Waals surface area contributed by atoms with Gasteiger partial charge < -0.3 is 18.8 Å². The largest absolute Gasteiger partial charge is 0.507 e. The Morgan fingerprint density at radius 2 is 1.76 bits per heavy atom. The number of fused-ring (bicyclic) bond motifs is 2. The maximum absolute atomic E-state index is 12.6. The van der Waals surface area contributed by atoms with Gasteiger partial charge in [0.1, 0.15) is 28.2 Å². The highest BCUT2D eigenvalue weighted by Crippen LogP contribution is 2.31. The second kappa shape index (κ2) is 9.27. The minimum Gasteiger partial charge on any atom is -0.507 e. The molecule has 0 unspecified atom stereocenters. The summed E-state index contributed by atoms with van der Waals surface area (Å²) >= 11 is 0. The predicted molar refractivity (Wildman–Crippen MR) is 132 cm³/mol. The number of phenolic OH excluding ortho intramolecular Hbond substituents is 1. The van der Waals surface area contributed by atoms with Crippen LogP contribution in [-0.4, -0.2) is 22.6 Å². The maximum Gasteiger partial charge on any atom is 0.197 e. The second-order valence-corrected chi connectivity index (χ2v) is 8.12. The molecule has 6 nitrogen and oxygen atoms in total. The van der Waals surface area contributed by atoms with E-state index >= 15 is 0 Å². The number of hydrogen-bond acceptors (Lipinski definition) is 5. The standard InChI is InChI=1S/C28H23NO5/c30-18-20-17-29(23-11-5-4-10-22(20)23)12-6-7-13-33-21-14-24(31)28-25(32)16-26(34-27(28)15-21)19-8-2-1-3-9-19/h1-5,8-11,14-18,31H,6-7,12-13H2. The zero-order valence-electron chi connectivity index (χ0n) is 18.4. The summed E-state index contributed by atoms with van der Waals surface area (Å²) in [5.41, 5.74) is 2.48. The quantitative estimate of drug-likeness (QED) is 0.237. The van der Waals surface area contributed by atoms with Crippen molar-refractivity contribution in [2.75, 3.05) is 6.61 Å². The van der Waals surface area contributed by atoms with Crippen LogP contribution in [0.4, 0.5) is 0 Å². The smallest absolute Gasteiger partial charge is 0.197 e. The van der Waals surface area contributed by atoms with Gasteiger partial charge in [-0.05, 0) is 18.9 Å². The van der Waals surface area contributed by atoms with Crippen LogP contribution in [0.15, 0.2) is 88.2 Å². The van der Waals surface area contributed by atoms with Crippen LogP contribution in [0.1, 0.15) is 23.2 Å². The Morgan fingerprint density at radius 1 is 0.971 bits per heavy atom. The van der Waals surface area contributed by atoms with Crippen molar-refractivity contribution in [3.63, 3.8) is 0 Å². The highest BCUT2D eigenvalue weighted by Gasteiger charge is 2.13. The van der Waals surface area contributed by atoms with E-state index in [-0.39, 0.29) is 22.1 Å². The Labute approximate surface area is 195 Å². The topological polar surface area (TPSA) is 81.7 Å². The number of carbonyl (C=O) groups is 1. The molecule has 0 saturated heterocycles. The molecular formula is C28H23NO5. The van der Waals surface area contributed by atoms with E-state index in [4.69, 9.17) is 9.15 Å². The van der Waals surface area contributed by atoms with Crippen LogP contribution in [0.3, 0.4) is 0 Å². The maximum atomic E-state index is 12.6. The Bertz CT molecular complexity index is 1530. The second-order valence-electron chi connectivity index (χ2n) is 8.12. The molecule has 0 amide bonds. The van der Waals surface area contributed by atoms with Crippen LogP contribution in [0.25, 0.3) is 33.2 Å². The third-order valence-corrected chi connectivity index (χ3v) is 5.85. The summed E-state index contributed by atoms with van der Waals surface area (Å²) in [6, 6.07) is 21.7. The van der Waals surface area contributed by atoms with Crippen molar-refractivity contribution in [3.05, 3.63) is 94.8 Å². The van der Waals surface area contributed by atoms with Gasteiger partial charge in [0.05, 0.1) is 6.61 Å². The molecule has 0 aliphatic rings. The zero-order valence-corrected chi connectivity index (χ0v) is 18.4. The van der Waals surface area contributed by atoms with Gasteiger partial charge in [-0.25, -0.2) is 0 Å². The SMILES string of the molecule is O=Cc1cn(CCCCOc2cc(O)c3c(=O)cc(-c4ccccc4)oc3c2)c2ccccc12. The van der Waals surface area contributed by atoms with Crippen molar-refractivity contribution in [2.24, 2.45) is 0 Å². The van der Waals surface area contributed by atoms with E-state index in [9.17, 15) is 14.7 Å². The van der Waals surface area contributed by atoms with E-state index in [1.807, 2.05) is 60.8 Å². The van der Waals surface area contributed by atoms with Crippen LogP contribution < -0.4 is 10.2 Å². The first-order valence-corrected chi connectivity index (χ1v) is 11.2. The zero-order chi connectivity index (χ0) is 23.5. The molecule has 5 rings (SSSR count). The molecule has 6 heteroatoms. The van der Waals surface area contributed by atoms with Crippen molar-refractivity contribution in [2.45, 2.75) is 19.4 Å². The van der Waals surface area contributed by atoms with Gasteiger partial charge in [0.2, 0.25) is 0 Å². The van der Waals surface area contributed by atoms with Crippen molar-refractivity contribution < 1.29 is 19.1 Å². The Morgan fingerprint density at radius 3 is 2.59 bits per heavy atom. The van der Waals surface area contributed by atoms with Gasteiger partial charge >= 0.3 is 0 Å². The molecule has 0 aliphatic carbocycles. The molecule has 5 aromatic rings. The molecule has 0 aliphatic heterocycles. The van der Waals surface area contributed by atoms with Gasteiger partial charge in [0.15, 0.2) is 11.7 Å². The number of benzene rings is 3. The normalized spacial score (nSPS) is 11.2. The van der Waals surface area contributed by atoms with E-state index in [0.717, 1.165) is 42.1 Å². The summed E-state index contributed by atoms with van der Waals surface area (Å²) in [6.07, 6.45) is 4.39. The average molecular weight is 453 g/mol. The van der Waals surface area contributed by atoms with Gasteiger partial charge in [0.25, 0.3) is 0 Å². The lowest BCUT2D eigenvalue weighted by Crippen LogP contribution is -2.03. The molecule has 34 heavy (non-hydrogen) atoms. The van der Waals surface area contributed by atoms with Gasteiger partial charge in [-0.3, -0.25) is 9.59 Å². The summed E-state index contributed by atoms with van der Waals surface area (Å²) < 4.78 is 13.8. The minimum absolute atomic E-state index is 0.137. The number of carbonyl (C=O) groups excluding carboxylic acids is 1. The van der Waals surface area contributed by atoms with Gasteiger partial charge in [-0.1, -0.05) is 48.5 Å². The predicted octanol–water partition coefficient (Wildman–Crippen LogP) is 5.79. The van der Waals surface area contributed by atoms with Crippen LogP contribution in [0.5, 0.6) is 11.5 Å². The Kier molecular flexibility index (Phi) is 5.87. The number of aryl methyl sites for hydroxylation is 1. The molecule has 0 atom stereocenters. The number of nitrogens with zero attached hydrogens (tertiary/aromatic N) is 1. The number of aldehydes is 1. The number of para-hydroxylation sites is 1. The molecule has 0 bridgehead atoms. The average Bonchev–Trinajstić information content (AvgIpc) is 3.22. The van der Waals surface area contributed by atoms with E-state index in [1.54, 1.807) is 6.07 Å². The summed E-state index contributed by atoms with van der Waals surface area (Å²) in [5, 5.41) is 11.5. The number of unbranched alkanes of at least 4 members (excludes halogenated alkanes) is 1. The van der Waals surface area contributed by atoms with Gasteiger partial charge in [-0.15, -0.1) is 0 Å². The molecule has 2 heterocycles. The highest BCUT2D eigenvalue weighted by atomic mass is 16.5. The number of aromatic nitrogens is 1. The molecule has 2 aromatic heterocycles. The summed E-state index contributed by atoms with van der Waals surface area (Å²) in [7, 11) is 0. The monoisotopic (exact) mass is 453 g/mol.